The van der Waals surface area contributed by atoms with Crippen LogP contribution >= 0.6 is 0 Å². The summed E-state index contributed by atoms with van der Waals surface area (Å²) in [5.41, 5.74) is 5.28. The zero-order valence-electron chi connectivity index (χ0n) is 7.93. The molecule has 1 aromatic carbocycles. The Balaban J connectivity index is 3.04. The Morgan fingerprint density at radius 1 is 1.40 bits per heavy atom. The highest BCUT2D eigenvalue weighted by Crippen LogP contribution is 2.35. The first kappa shape index (κ1) is 11.5. The molecule has 0 aliphatic rings. The minimum Gasteiger partial charge on any atom is -0.504 e. The molecule has 0 amide bonds. The summed E-state index contributed by atoms with van der Waals surface area (Å²) >= 11 is 0. The van der Waals surface area contributed by atoms with Crippen LogP contribution < -0.4 is 10.5 Å². The van der Waals surface area contributed by atoms with Crippen LogP contribution in [0.5, 0.6) is 11.5 Å². The van der Waals surface area contributed by atoms with E-state index in [2.05, 4.69) is 0 Å². The second kappa shape index (κ2) is 3.88. The van der Waals surface area contributed by atoms with Crippen LogP contribution in [-0.2, 0) is 6.42 Å². The Morgan fingerprint density at radius 2 is 2.00 bits per heavy atom. The molecule has 0 fully saturated rings. The summed E-state index contributed by atoms with van der Waals surface area (Å²) in [7, 11) is 1.27. The summed E-state index contributed by atoms with van der Waals surface area (Å²) in [6.07, 6.45) is -5.46. The van der Waals surface area contributed by atoms with Gasteiger partial charge in [0, 0.05) is 0 Å². The predicted molar refractivity (Wildman–Crippen MR) is 48.8 cm³/mol. The fourth-order valence-corrected chi connectivity index (χ4v) is 1.25. The molecule has 0 saturated heterocycles. The van der Waals surface area contributed by atoms with E-state index in [0.29, 0.717) is 0 Å². The molecule has 0 saturated carbocycles. The van der Waals surface area contributed by atoms with Crippen LogP contribution in [0, 0.1) is 0 Å². The molecule has 0 unspecified atom stereocenters. The third-order valence-electron chi connectivity index (χ3n) is 1.77. The monoisotopic (exact) mass is 221 g/mol. The van der Waals surface area contributed by atoms with Crippen molar-refractivity contribution in [2.45, 2.75) is 12.6 Å². The molecule has 0 aliphatic heterocycles. The molecule has 3 nitrogen and oxygen atoms in total. The normalized spacial score (nSPS) is 11.5. The molecule has 15 heavy (non-hydrogen) atoms. The number of aromatic hydroxyl groups is 1. The van der Waals surface area contributed by atoms with Crippen molar-refractivity contribution >= 4 is 5.69 Å². The fraction of sp³-hybridized carbons (Fsp3) is 0.333. The van der Waals surface area contributed by atoms with Crippen LogP contribution in [0.4, 0.5) is 18.9 Å². The summed E-state index contributed by atoms with van der Waals surface area (Å²) in [6.45, 7) is 0. The lowest BCUT2D eigenvalue weighted by atomic mass is 10.1. The van der Waals surface area contributed by atoms with E-state index in [-0.39, 0.29) is 17.0 Å². The Kier molecular flexibility index (Phi) is 2.97. The van der Waals surface area contributed by atoms with Crippen LogP contribution in [0.2, 0.25) is 0 Å². The summed E-state index contributed by atoms with van der Waals surface area (Å²) in [5.74, 6) is -0.405. The van der Waals surface area contributed by atoms with Gasteiger partial charge in [0.1, 0.15) is 0 Å². The molecule has 0 heterocycles. The second-order valence-electron chi connectivity index (χ2n) is 3.03. The van der Waals surface area contributed by atoms with Gasteiger partial charge in [-0.25, -0.2) is 0 Å². The number of methoxy groups -OCH3 is 1. The van der Waals surface area contributed by atoms with Gasteiger partial charge in [-0.05, 0) is 17.7 Å². The molecular formula is C9H10F3NO2. The van der Waals surface area contributed by atoms with Crippen LogP contribution in [0.25, 0.3) is 0 Å². The fourth-order valence-electron chi connectivity index (χ4n) is 1.25. The van der Waals surface area contributed by atoms with Crippen molar-refractivity contribution in [1.29, 1.82) is 0 Å². The zero-order valence-corrected chi connectivity index (χ0v) is 7.93. The van der Waals surface area contributed by atoms with Crippen molar-refractivity contribution in [3.63, 3.8) is 0 Å². The number of phenolic OH excluding ortho intramolecular Hbond substituents is 1. The van der Waals surface area contributed by atoms with Gasteiger partial charge in [-0.3, -0.25) is 0 Å². The Bertz CT molecular complexity index is 340. The van der Waals surface area contributed by atoms with Crippen LogP contribution in [-0.4, -0.2) is 18.4 Å². The highest BCUT2D eigenvalue weighted by atomic mass is 19.4. The summed E-state index contributed by atoms with van der Waals surface area (Å²) in [6, 6.07) is 2.12. The van der Waals surface area contributed by atoms with E-state index in [1.54, 1.807) is 0 Å². The van der Waals surface area contributed by atoms with Crippen molar-refractivity contribution < 1.29 is 23.0 Å². The van der Waals surface area contributed by atoms with Crippen LogP contribution in [0.15, 0.2) is 12.1 Å². The molecule has 6 heteroatoms. The maximum atomic E-state index is 12.0. The first-order chi connectivity index (χ1) is 6.83. The van der Waals surface area contributed by atoms with Gasteiger partial charge < -0.3 is 15.6 Å². The minimum atomic E-state index is -4.33. The first-order valence-corrected chi connectivity index (χ1v) is 4.05. The maximum absolute atomic E-state index is 12.0. The van der Waals surface area contributed by atoms with Crippen molar-refractivity contribution in [2.75, 3.05) is 12.8 Å². The molecular weight excluding hydrogens is 211 g/mol. The standard InChI is InChI=1S/C9H10F3NO2/c1-15-8-6(13)2-5(3-7(8)14)4-9(10,11)12/h2-3,14H,4,13H2,1H3. The van der Waals surface area contributed by atoms with E-state index in [0.717, 1.165) is 12.1 Å². The molecule has 1 rings (SSSR count). The number of hydrogen-bond donors (Lipinski definition) is 2. The maximum Gasteiger partial charge on any atom is 0.393 e. The van der Waals surface area contributed by atoms with E-state index >= 15 is 0 Å². The highest BCUT2D eigenvalue weighted by Gasteiger charge is 2.28. The quantitative estimate of drug-likeness (QED) is 0.752. The average molecular weight is 221 g/mol. The number of rotatable bonds is 2. The van der Waals surface area contributed by atoms with Crippen molar-refractivity contribution in [3.05, 3.63) is 17.7 Å². The number of anilines is 1. The molecule has 0 aliphatic carbocycles. The van der Waals surface area contributed by atoms with Gasteiger partial charge in [-0.2, -0.15) is 13.2 Å². The number of hydrogen-bond acceptors (Lipinski definition) is 3. The van der Waals surface area contributed by atoms with Crippen molar-refractivity contribution in [2.24, 2.45) is 0 Å². The first-order valence-electron chi connectivity index (χ1n) is 4.05. The van der Waals surface area contributed by atoms with Crippen LogP contribution in [0.3, 0.4) is 0 Å². The topological polar surface area (TPSA) is 55.5 Å². The number of nitrogen functional groups attached to an aromatic ring is 1. The summed E-state index contributed by atoms with van der Waals surface area (Å²) in [5, 5.41) is 9.30. The van der Waals surface area contributed by atoms with Gasteiger partial charge in [0.05, 0.1) is 19.2 Å². The van der Waals surface area contributed by atoms with Crippen molar-refractivity contribution in [1.82, 2.24) is 0 Å². The van der Waals surface area contributed by atoms with Gasteiger partial charge >= 0.3 is 6.18 Å². The number of ether oxygens (including phenoxy) is 1. The van der Waals surface area contributed by atoms with E-state index in [4.69, 9.17) is 10.5 Å². The summed E-state index contributed by atoms with van der Waals surface area (Å²) < 4.78 is 40.8. The van der Waals surface area contributed by atoms with Gasteiger partial charge in [-0.15, -0.1) is 0 Å². The average Bonchev–Trinajstić information content (AvgIpc) is 1.99. The van der Waals surface area contributed by atoms with E-state index < -0.39 is 18.3 Å². The Morgan fingerprint density at radius 3 is 2.40 bits per heavy atom. The highest BCUT2D eigenvalue weighted by molar-refractivity contribution is 5.61. The van der Waals surface area contributed by atoms with Gasteiger partial charge in [0.2, 0.25) is 0 Å². The number of phenols is 1. The lowest BCUT2D eigenvalue weighted by molar-refractivity contribution is -0.127. The molecule has 0 spiro atoms. The molecule has 0 bridgehead atoms. The van der Waals surface area contributed by atoms with Gasteiger partial charge in [-0.1, -0.05) is 0 Å². The zero-order chi connectivity index (χ0) is 11.6. The number of benzene rings is 1. The molecule has 0 radical (unpaired) electrons. The molecule has 0 atom stereocenters. The Labute approximate surface area is 84.3 Å². The smallest absolute Gasteiger partial charge is 0.393 e. The molecule has 84 valence electrons. The van der Waals surface area contributed by atoms with Gasteiger partial charge in [0.15, 0.2) is 11.5 Å². The van der Waals surface area contributed by atoms with Crippen LogP contribution in [0.1, 0.15) is 5.56 Å². The largest absolute Gasteiger partial charge is 0.504 e. The molecule has 3 N–H and O–H groups in total. The number of halogens is 3. The third-order valence-corrected chi connectivity index (χ3v) is 1.77. The minimum absolute atomic E-state index is 0.0130. The molecule has 1 aromatic rings. The Hall–Kier alpha value is -1.59. The van der Waals surface area contributed by atoms with Gasteiger partial charge in [0.25, 0.3) is 0 Å². The third kappa shape index (κ3) is 2.93. The SMILES string of the molecule is COc1c(N)cc(CC(F)(F)F)cc1O. The number of alkyl halides is 3. The second-order valence-corrected chi connectivity index (χ2v) is 3.03. The van der Waals surface area contributed by atoms with E-state index in [1.807, 2.05) is 0 Å². The lowest BCUT2D eigenvalue weighted by Gasteiger charge is -2.11. The van der Waals surface area contributed by atoms with E-state index in [1.165, 1.54) is 7.11 Å². The lowest BCUT2D eigenvalue weighted by Crippen LogP contribution is -2.11. The molecule has 0 aromatic heterocycles. The predicted octanol–water partition coefficient (Wildman–Crippen LogP) is 2.09. The van der Waals surface area contributed by atoms with E-state index in [9.17, 15) is 18.3 Å². The number of nitrogens with two attached hydrogens (primary N) is 1. The van der Waals surface area contributed by atoms with Crippen molar-refractivity contribution in [3.8, 4) is 11.5 Å². The summed E-state index contributed by atoms with van der Waals surface area (Å²) in [4.78, 5) is 0.